The van der Waals surface area contributed by atoms with E-state index >= 15 is 0 Å². The zero-order valence-electron chi connectivity index (χ0n) is 15.6. The van der Waals surface area contributed by atoms with E-state index in [1.165, 1.54) is 7.11 Å². The van der Waals surface area contributed by atoms with Crippen LogP contribution >= 0.6 is 0 Å². The Morgan fingerprint density at radius 1 is 1.11 bits per heavy atom. The van der Waals surface area contributed by atoms with Gasteiger partial charge in [-0.15, -0.1) is 10.2 Å². The molecule has 0 bridgehead atoms. The Morgan fingerprint density at radius 2 is 1.89 bits per heavy atom. The molecule has 7 nitrogen and oxygen atoms in total. The molecule has 0 spiro atoms. The van der Waals surface area contributed by atoms with Gasteiger partial charge in [-0.05, 0) is 25.5 Å². The van der Waals surface area contributed by atoms with Crippen LogP contribution in [0.2, 0.25) is 0 Å². The first-order valence-electron chi connectivity index (χ1n) is 8.67. The van der Waals surface area contributed by atoms with E-state index in [1.54, 1.807) is 22.8 Å². The fraction of sp³-hybridized carbons (Fsp3) is 0.316. The van der Waals surface area contributed by atoms with E-state index < -0.39 is 9.84 Å². The Kier molecular flexibility index (Phi) is 5.55. The normalized spacial score (nSPS) is 11.5. The van der Waals surface area contributed by atoms with Gasteiger partial charge in [0.25, 0.3) is 0 Å². The van der Waals surface area contributed by atoms with Crippen molar-refractivity contribution in [1.29, 1.82) is 0 Å². The number of sulfone groups is 1. The zero-order chi connectivity index (χ0) is 19.4. The van der Waals surface area contributed by atoms with E-state index in [0.29, 0.717) is 23.9 Å². The van der Waals surface area contributed by atoms with Crippen LogP contribution < -0.4 is 4.74 Å². The minimum absolute atomic E-state index is 0.0366. The van der Waals surface area contributed by atoms with Crippen molar-refractivity contribution in [3.8, 4) is 17.3 Å². The van der Waals surface area contributed by atoms with Gasteiger partial charge in [0.2, 0.25) is 20.9 Å². The van der Waals surface area contributed by atoms with Crippen molar-refractivity contribution in [2.24, 2.45) is 0 Å². The highest BCUT2D eigenvalue weighted by Crippen LogP contribution is 2.24. The number of methoxy groups -OCH3 is 1. The smallest absolute Gasteiger partial charge is 0.250 e. The summed E-state index contributed by atoms with van der Waals surface area (Å²) >= 11 is 0. The van der Waals surface area contributed by atoms with E-state index in [4.69, 9.17) is 4.74 Å². The van der Waals surface area contributed by atoms with Crippen molar-refractivity contribution in [2.45, 2.75) is 37.7 Å². The first-order valence-corrected chi connectivity index (χ1v) is 10.3. The molecule has 0 saturated carbocycles. The summed E-state index contributed by atoms with van der Waals surface area (Å²) < 4.78 is 32.8. The third-order valence-electron chi connectivity index (χ3n) is 4.05. The predicted octanol–water partition coefficient (Wildman–Crippen LogP) is 3.04. The van der Waals surface area contributed by atoms with Crippen LogP contribution in [-0.2, 0) is 22.1 Å². The van der Waals surface area contributed by atoms with Crippen molar-refractivity contribution < 1.29 is 13.2 Å². The molecule has 142 valence electrons. The van der Waals surface area contributed by atoms with E-state index in [0.717, 1.165) is 17.5 Å². The number of hydrogen-bond acceptors (Lipinski definition) is 6. The fourth-order valence-electron chi connectivity index (χ4n) is 2.85. The summed E-state index contributed by atoms with van der Waals surface area (Å²) in [6, 6.07) is 12.8. The highest BCUT2D eigenvalue weighted by atomic mass is 32.2. The van der Waals surface area contributed by atoms with E-state index in [9.17, 15) is 8.42 Å². The van der Waals surface area contributed by atoms with E-state index in [2.05, 4.69) is 15.2 Å². The lowest BCUT2D eigenvalue weighted by molar-refractivity contribution is 0.396. The molecular formula is C19H22N4O3S. The number of nitrogens with zero attached hydrogens (tertiary/aromatic N) is 4. The number of pyridine rings is 1. The Morgan fingerprint density at radius 3 is 2.59 bits per heavy atom. The van der Waals surface area contributed by atoms with Crippen molar-refractivity contribution in [3.05, 3.63) is 53.7 Å². The van der Waals surface area contributed by atoms with Gasteiger partial charge in [0.15, 0.2) is 5.82 Å². The number of hydrogen-bond donors (Lipinski definition) is 0. The molecule has 0 unspecified atom stereocenters. The average molecular weight is 386 g/mol. The number of aromatic nitrogens is 4. The lowest BCUT2D eigenvalue weighted by Gasteiger charge is -2.10. The first kappa shape index (κ1) is 19.0. The van der Waals surface area contributed by atoms with Gasteiger partial charge in [-0.25, -0.2) is 13.4 Å². The van der Waals surface area contributed by atoms with Crippen LogP contribution in [0.4, 0.5) is 0 Å². The van der Waals surface area contributed by atoms with Gasteiger partial charge in [0.05, 0.1) is 12.8 Å². The second kappa shape index (κ2) is 7.87. The van der Waals surface area contributed by atoms with Gasteiger partial charge in [0.1, 0.15) is 5.75 Å². The molecule has 3 aromatic rings. The number of rotatable bonds is 7. The molecule has 0 atom stereocenters. The largest absolute Gasteiger partial charge is 0.481 e. The maximum atomic E-state index is 13.0. The molecule has 27 heavy (non-hydrogen) atoms. The van der Waals surface area contributed by atoms with E-state index in [-0.39, 0.29) is 10.9 Å². The maximum absolute atomic E-state index is 13.0. The summed E-state index contributed by atoms with van der Waals surface area (Å²) in [5.41, 5.74) is 2.32. The van der Waals surface area contributed by atoms with Gasteiger partial charge in [-0.3, -0.25) is 4.57 Å². The molecule has 0 aliphatic rings. The summed E-state index contributed by atoms with van der Waals surface area (Å²) in [5, 5.41) is 8.16. The van der Waals surface area contributed by atoms with Crippen LogP contribution in [-0.4, -0.2) is 35.3 Å². The number of benzene rings is 1. The highest BCUT2D eigenvalue weighted by molar-refractivity contribution is 7.90. The monoisotopic (exact) mass is 386 g/mol. The summed E-state index contributed by atoms with van der Waals surface area (Å²) in [6.07, 6.45) is 0.761. The highest BCUT2D eigenvalue weighted by Gasteiger charge is 2.26. The Hall–Kier alpha value is -2.74. The fourth-order valence-corrected chi connectivity index (χ4v) is 4.21. The van der Waals surface area contributed by atoms with Gasteiger partial charge < -0.3 is 4.74 Å². The van der Waals surface area contributed by atoms with Crippen molar-refractivity contribution in [2.75, 3.05) is 7.11 Å². The molecular weight excluding hydrogens is 364 g/mol. The summed E-state index contributed by atoms with van der Waals surface area (Å²) in [6.45, 7) is 4.48. The van der Waals surface area contributed by atoms with Crippen LogP contribution in [0, 0.1) is 6.92 Å². The molecule has 0 aliphatic heterocycles. The standard InChI is InChI=1S/C19H22N4O3S/c1-4-11-23-18(15-8-5-7-14(2)12-15)21-22-19(23)27(24,25)13-16-9-6-10-17(20-16)26-3/h5-10,12H,4,11,13H2,1-3H3. The zero-order valence-corrected chi connectivity index (χ0v) is 16.4. The minimum Gasteiger partial charge on any atom is -0.481 e. The topological polar surface area (TPSA) is 87.0 Å². The molecule has 0 radical (unpaired) electrons. The number of aryl methyl sites for hydroxylation is 1. The molecule has 3 rings (SSSR count). The molecule has 8 heteroatoms. The predicted molar refractivity (Wildman–Crippen MR) is 102 cm³/mol. The molecule has 0 amide bonds. The Labute approximate surface area is 159 Å². The lowest BCUT2D eigenvalue weighted by Crippen LogP contribution is -2.14. The van der Waals surface area contributed by atoms with Gasteiger partial charge >= 0.3 is 0 Å². The molecule has 0 N–H and O–H groups in total. The second-order valence-electron chi connectivity index (χ2n) is 6.26. The molecule has 0 aliphatic carbocycles. The van der Waals surface area contributed by atoms with Crippen LogP contribution in [0.25, 0.3) is 11.4 Å². The quantitative estimate of drug-likeness (QED) is 0.620. The Balaban J connectivity index is 2.02. The first-order chi connectivity index (χ1) is 12.9. The van der Waals surface area contributed by atoms with Crippen molar-refractivity contribution >= 4 is 9.84 Å². The second-order valence-corrected chi connectivity index (χ2v) is 8.14. The van der Waals surface area contributed by atoms with Crippen molar-refractivity contribution in [1.82, 2.24) is 19.7 Å². The van der Waals surface area contributed by atoms with Crippen molar-refractivity contribution in [3.63, 3.8) is 0 Å². The third kappa shape index (κ3) is 4.16. The van der Waals surface area contributed by atoms with E-state index in [1.807, 2.05) is 38.1 Å². The molecule has 1 aromatic carbocycles. The third-order valence-corrected chi connectivity index (χ3v) is 5.58. The summed E-state index contributed by atoms with van der Waals surface area (Å²) in [7, 11) is -2.22. The summed E-state index contributed by atoms with van der Waals surface area (Å²) in [4.78, 5) is 4.20. The van der Waals surface area contributed by atoms with Crippen LogP contribution in [0.3, 0.4) is 0 Å². The molecule has 0 fully saturated rings. The maximum Gasteiger partial charge on any atom is 0.250 e. The molecule has 2 heterocycles. The van der Waals surface area contributed by atoms with Gasteiger partial charge in [-0.1, -0.05) is 36.8 Å². The van der Waals surface area contributed by atoms with Crippen LogP contribution in [0.5, 0.6) is 5.88 Å². The van der Waals surface area contributed by atoms with Crippen LogP contribution in [0.1, 0.15) is 24.6 Å². The van der Waals surface area contributed by atoms with Gasteiger partial charge in [0, 0.05) is 18.2 Å². The molecule has 0 saturated heterocycles. The summed E-state index contributed by atoms with van der Waals surface area (Å²) in [5.74, 6) is 0.663. The lowest BCUT2D eigenvalue weighted by atomic mass is 10.1. The number of ether oxygens (including phenoxy) is 1. The molecule has 2 aromatic heterocycles. The van der Waals surface area contributed by atoms with Crippen LogP contribution in [0.15, 0.2) is 47.6 Å². The average Bonchev–Trinajstić information content (AvgIpc) is 3.06. The minimum atomic E-state index is -3.72. The SMILES string of the molecule is CCCn1c(-c2cccc(C)c2)nnc1S(=O)(=O)Cc1cccc(OC)n1. The Bertz CT molecular complexity index is 1040. The van der Waals surface area contributed by atoms with Gasteiger partial charge in [-0.2, -0.15) is 0 Å².